The average Bonchev–Trinajstić information content (AvgIpc) is 2.48. The fourth-order valence-corrected chi connectivity index (χ4v) is 3.22. The van der Waals surface area contributed by atoms with Crippen LogP contribution in [0.2, 0.25) is 0 Å². The van der Waals surface area contributed by atoms with Crippen LogP contribution in [-0.4, -0.2) is 17.8 Å². The first-order valence-electron chi connectivity index (χ1n) is 7.58. The molecule has 3 heteroatoms. The zero-order valence-electron chi connectivity index (χ0n) is 12.4. The lowest BCUT2D eigenvalue weighted by molar-refractivity contribution is 0.0911. The summed E-state index contributed by atoms with van der Waals surface area (Å²) >= 11 is 6.01. The first-order chi connectivity index (χ1) is 9.61. The fourth-order valence-electron chi connectivity index (χ4n) is 2.85. The van der Waals surface area contributed by atoms with Crippen LogP contribution in [0.3, 0.4) is 0 Å². The van der Waals surface area contributed by atoms with Gasteiger partial charge in [0.2, 0.25) is 0 Å². The lowest BCUT2D eigenvalue weighted by Crippen LogP contribution is -2.42. The second-order valence-corrected chi connectivity index (χ2v) is 6.36. The molecule has 20 heavy (non-hydrogen) atoms. The van der Waals surface area contributed by atoms with E-state index in [2.05, 4.69) is 19.2 Å². The predicted octanol–water partition coefficient (Wildman–Crippen LogP) is 4.34. The van der Waals surface area contributed by atoms with Crippen molar-refractivity contribution < 1.29 is 4.79 Å². The molecule has 1 N–H and O–H groups in total. The van der Waals surface area contributed by atoms with Crippen LogP contribution in [0.1, 0.15) is 61.4 Å². The molecule has 110 valence electrons. The van der Waals surface area contributed by atoms with Crippen molar-refractivity contribution in [2.45, 2.75) is 51.5 Å². The van der Waals surface area contributed by atoms with Crippen LogP contribution in [0.5, 0.6) is 0 Å². The maximum absolute atomic E-state index is 12.3. The van der Waals surface area contributed by atoms with E-state index in [4.69, 9.17) is 11.6 Å². The third-order valence-electron chi connectivity index (χ3n) is 4.26. The fraction of sp³-hybridized carbons (Fsp3) is 0.588. The van der Waals surface area contributed by atoms with Gasteiger partial charge in [0.25, 0.3) is 5.91 Å². The summed E-state index contributed by atoms with van der Waals surface area (Å²) in [5, 5.41) is 3.16. The topological polar surface area (TPSA) is 29.1 Å². The Kier molecular flexibility index (Phi) is 5.47. The molecule has 2 rings (SSSR count). The van der Waals surface area contributed by atoms with Gasteiger partial charge in [0.1, 0.15) is 0 Å². The largest absolute Gasteiger partial charge is 0.349 e. The summed E-state index contributed by atoms with van der Waals surface area (Å²) in [5.74, 6) is 1.58. The Hall–Kier alpha value is -1.02. The van der Waals surface area contributed by atoms with Gasteiger partial charge < -0.3 is 5.32 Å². The number of nitrogens with one attached hydrogen (secondary N) is 1. The minimum atomic E-state index is 0.0299. The van der Waals surface area contributed by atoms with Crippen molar-refractivity contribution in [1.82, 2.24) is 5.32 Å². The van der Waals surface area contributed by atoms with Gasteiger partial charge in [0, 0.05) is 17.5 Å². The molecular weight excluding hydrogens is 270 g/mol. The molecule has 1 aliphatic carbocycles. The number of benzene rings is 1. The highest BCUT2D eigenvalue weighted by atomic mass is 35.5. The molecule has 2 unspecified atom stereocenters. The maximum Gasteiger partial charge on any atom is 0.251 e. The van der Waals surface area contributed by atoms with E-state index in [1.165, 1.54) is 18.4 Å². The van der Waals surface area contributed by atoms with Crippen LogP contribution in [0, 0.1) is 5.92 Å². The summed E-state index contributed by atoms with van der Waals surface area (Å²) in [6.07, 6.45) is 4.59. The standard InChI is InChI=1S/C17H24ClNO/c1-12(2)13-7-9-14(10-8-13)17(20)19-16-6-4-3-5-15(16)11-18/h7-10,12,15-16H,3-6,11H2,1-2H3,(H,19,20). The van der Waals surface area contributed by atoms with Gasteiger partial charge in [0.15, 0.2) is 0 Å². The summed E-state index contributed by atoms with van der Waals surface area (Å²) in [4.78, 5) is 12.3. The number of halogens is 1. The highest BCUT2D eigenvalue weighted by molar-refractivity contribution is 6.18. The quantitative estimate of drug-likeness (QED) is 0.822. The zero-order valence-corrected chi connectivity index (χ0v) is 13.1. The van der Waals surface area contributed by atoms with Crippen LogP contribution in [0.15, 0.2) is 24.3 Å². The Bertz CT molecular complexity index is 441. The average molecular weight is 294 g/mol. The summed E-state index contributed by atoms with van der Waals surface area (Å²) in [7, 11) is 0. The molecule has 2 atom stereocenters. The lowest BCUT2D eigenvalue weighted by atomic mass is 9.85. The minimum absolute atomic E-state index is 0.0299. The van der Waals surface area contributed by atoms with Crippen molar-refractivity contribution >= 4 is 17.5 Å². The van der Waals surface area contributed by atoms with E-state index in [1.807, 2.05) is 24.3 Å². The Morgan fingerprint density at radius 2 is 1.90 bits per heavy atom. The van der Waals surface area contributed by atoms with E-state index >= 15 is 0 Å². The van der Waals surface area contributed by atoms with Crippen molar-refractivity contribution in [3.8, 4) is 0 Å². The van der Waals surface area contributed by atoms with Crippen LogP contribution >= 0.6 is 11.6 Å². The second kappa shape index (κ2) is 7.12. The number of hydrogen-bond acceptors (Lipinski definition) is 1. The number of carbonyl (C=O) groups excluding carboxylic acids is 1. The third-order valence-corrected chi connectivity index (χ3v) is 4.66. The number of hydrogen-bond donors (Lipinski definition) is 1. The lowest BCUT2D eigenvalue weighted by Gasteiger charge is -2.30. The van der Waals surface area contributed by atoms with Gasteiger partial charge in [-0.3, -0.25) is 4.79 Å². The zero-order chi connectivity index (χ0) is 14.5. The van der Waals surface area contributed by atoms with E-state index in [0.29, 0.717) is 17.7 Å². The second-order valence-electron chi connectivity index (χ2n) is 6.06. The van der Waals surface area contributed by atoms with Gasteiger partial charge in [-0.1, -0.05) is 38.8 Å². The number of alkyl halides is 1. The van der Waals surface area contributed by atoms with E-state index in [9.17, 15) is 4.79 Å². The molecule has 1 aliphatic rings. The molecular formula is C17H24ClNO. The Morgan fingerprint density at radius 3 is 2.50 bits per heavy atom. The first kappa shape index (κ1) is 15.4. The van der Waals surface area contributed by atoms with Crippen LogP contribution in [0.25, 0.3) is 0 Å². The third kappa shape index (κ3) is 3.76. The minimum Gasteiger partial charge on any atom is -0.349 e. The molecule has 1 aromatic rings. The molecule has 0 aromatic heterocycles. The van der Waals surface area contributed by atoms with Crippen molar-refractivity contribution in [3.63, 3.8) is 0 Å². The number of carbonyl (C=O) groups is 1. The smallest absolute Gasteiger partial charge is 0.251 e. The van der Waals surface area contributed by atoms with Gasteiger partial charge in [0.05, 0.1) is 0 Å². The van der Waals surface area contributed by atoms with Gasteiger partial charge in [-0.15, -0.1) is 11.6 Å². The van der Waals surface area contributed by atoms with E-state index in [1.54, 1.807) is 0 Å². The summed E-state index contributed by atoms with van der Waals surface area (Å²) in [6, 6.07) is 8.16. The van der Waals surface area contributed by atoms with Gasteiger partial charge in [-0.05, 0) is 42.4 Å². The van der Waals surface area contributed by atoms with Crippen LogP contribution in [-0.2, 0) is 0 Å². The molecule has 1 saturated carbocycles. The molecule has 1 amide bonds. The molecule has 1 fully saturated rings. The van der Waals surface area contributed by atoms with Gasteiger partial charge >= 0.3 is 0 Å². The van der Waals surface area contributed by atoms with Crippen molar-refractivity contribution in [2.75, 3.05) is 5.88 Å². The molecule has 0 bridgehead atoms. The molecule has 0 spiro atoms. The number of amides is 1. The van der Waals surface area contributed by atoms with Crippen molar-refractivity contribution in [1.29, 1.82) is 0 Å². The van der Waals surface area contributed by atoms with E-state index in [0.717, 1.165) is 18.4 Å². The van der Waals surface area contributed by atoms with Crippen LogP contribution in [0.4, 0.5) is 0 Å². The monoisotopic (exact) mass is 293 g/mol. The molecule has 0 aliphatic heterocycles. The van der Waals surface area contributed by atoms with E-state index in [-0.39, 0.29) is 11.9 Å². The summed E-state index contributed by atoms with van der Waals surface area (Å²) < 4.78 is 0. The molecule has 2 nitrogen and oxygen atoms in total. The maximum atomic E-state index is 12.3. The Balaban J connectivity index is 2.00. The van der Waals surface area contributed by atoms with Crippen LogP contribution < -0.4 is 5.32 Å². The summed E-state index contributed by atoms with van der Waals surface area (Å²) in [5.41, 5.74) is 2.01. The summed E-state index contributed by atoms with van der Waals surface area (Å²) in [6.45, 7) is 4.31. The normalized spacial score (nSPS) is 22.8. The molecule has 0 saturated heterocycles. The highest BCUT2D eigenvalue weighted by Gasteiger charge is 2.25. The first-order valence-corrected chi connectivity index (χ1v) is 8.12. The van der Waals surface area contributed by atoms with Gasteiger partial charge in [-0.2, -0.15) is 0 Å². The SMILES string of the molecule is CC(C)c1ccc(C(=O)NC2CCCCC2CCl)cc1. The Labute approximate surface area is 126 Å². The van der Waals surface area contributed by atoms with Gasteiger partial charge in [-0.25, -0.2) is 0 Å². The van der Waals surface area contributed by atoms with Crippen molar-refractivity contribution in [3.05, 3.63) is 35.4 Å². The highest BCUT2D eigenvalue weighted by Crippen LogP contribution is 2.25. The molecule has 0 radical (unpaired) electrons. The predicted molar refractivity (Wildman–Crippen MR) is 84.5 cm³/mol. The molecule has 1 aromatic carbocycles. The van der Waals surface area contributed by atoms with E-state index < -0.39 is 0 Å². The number of rotatable bonds is 4. The molecule has 0 heterocycles. The van der Waals surface area contributed by atoms with Crippen molar-refractivity contribution in [2.24, 2.45) is 5.92 Å². The Morgan fingerprint density at radius 1 is 1.25 bits per heavy atom.